The maximum Gasteiger partial charge on any atom is 0.247 e. The third-order valence-corrected chi connectivity index (χ3v) is 5.53. The molecule has 3 rings (SSSR count). The van der Waals surface area contributed by atoms with Gasteiger partial charge < -0.3 is 10.6 Å². The summed E-state index contributed by atoms with van der Waals surface area (Å²) < 4.78 is 0. The molecular weight excluding hydrogens is 318 g/mol. The molecular formula is C19H21N3OS. The van der Waals surface area contributed by atoms with E-state index in [4.69, 9.17) is 0 Å². The molecule has 1 aromatic carbocycles. The Morgan fingerprint density at radius 2 is 1.96 bits per heavy atom. The third-order valence-electron chi connectivity index (χ3n) is 4.32. The molecule has 1 amide bonds. The number of rotatable bonds is 4. The molecule has 0 radical (unpaired) electrons. The van der Waals surface area contributed by atoms with E-state index in [1.165, 1.54) is 11.3 Å². The van der Waals surface area contributed by atoms with Crippen molar-refractivity contribution < 1.29 is 4.79 Å². The smallest absolute Gasteiger partial charge is 0.247 e. The van der Waals surface area contributed by atoms with E-state index in [0.717, 1.165) is 36.9 Å². The third kappa shape index (κ3) is 3.60. The molecule has 2 N–H and O–H groups in total. The minimum absolute atomic E-state index is 0.119. The molecule has 1 atom stereocenters. The first-order valence-electron chi connectivity index (χ1n) is 8.36. The van der Waals surface area contributed by atoms with E-state index in [0.29, 0.717) is 10.6 Å². The molecule has 0 aliphatic heterocycles. The first-order valence-corrected chi connectivity index (χ1v) is 9.17. The van der Waals surface area contributed by atoms with Gasteiger partial charge in [0.2, 0.25) is 5.91 Å². The van der Waals surface area contributed by atoms with Crippen molar-refractivity contribution in [2.45, 2.75) is 45.1 Å². The average Bonchev–Trinajstić information content (AvgIpc) is 2.75. The number of nitrogens with one attached hydrogen (secondary N) is 2. The number of hydrogen-bond acceptors (Lipinski definition) is 4. The topological polar surface area (TPSA) is 64.9 Å². The van der Waals surface area contributed by atoms with E-state index in [9.17, 15) is 10.1 Å². The lowest BCUT2D eigenvalue weighted by molar-refractivity contribution is -0.116. The predicted molar refractivity (Wildman–Crippen MR) is 98.4 cm³/mol. The van der Waals surface area contributed by atoms with Crippen LogP contribution in [0.4, 0.5) is 10.7 Å². The summed E-state index contributed by atoms with van der Waals surface area (Å²) in [5.41, 5.74) is 2.72. The van der Waals surface area contributed by atoms with Crippen LogP contribution in [0.15, 0.2) is 30.3 Å². The van der Waals surface area contributed by atoms with Crippen LogP contribution in [0.25, 0.3) is 0 Å². The van der Waals surface area contributed by atoms with E-state index < -0.39 is 0 Å². The molecule has 1 aliphatic carbocycles. The number of amides is 1. The Bertz CT molecular complexity index is 761. The highest BCUT2D eigenvalue weighted by atomic mass is 32.1. The largest absolute Gasteiger partial charge is 0.374 e. The summed E-state index contributed by atoms with van der Waals surface area (Å²) >= 11 is 1.57. The van der Waals surface area contributed by atoms with Crippen LogP contribution in [0.5, 0.6) is 0 Å². The van der Waals surface area contributed by atoms with Gasteiger partial charge in [-0.25, -0.2) is 0 Å². The fourth-order valence-corrected chi connectivity index (χ4v) is 4.26. The SMILES string of the molecule is C[C@@H](Nc1ccccc1)C(=O)Nc1sc2c(c1C#N)CCCCC2. The second kappa shape index (κ2) is 7.50. The summed E-state index contributed by atoms with van der Waals surface area (Å²) in [6.45, 7) is 1.83. The van der Waals surface area contributed by atoms with E-state index in [1.807, 2.05) is 37.3 Å². The Hall–Kier alpha value is -2.32. The molecule has 24 heavy (non-hydrogen) atoms. The summed E-state index contributed by atoms with van der Waals surface area (Å²) in [5.74, 6) is -0.119. The molecule has 124 valence electrons. The minimum atomic E-state index is -0.374. The molecule has 5 heteroatoms. The van der Waals surface area contributed by atoms with Crippen LogP contribution in [-0.2, 0) is 17.6 Å². The van der Waals surface area contributed by atoms with Gasteiger partial charge in [-0.15, -0.1) is 11.3 Å². The fourth-order valence-electron chi connectivity index (χ4n) is 3.02. The lowest BCUT2D eigenvalue weighted by Crippen LogP contribution is -2.31. The molecule has 0 fully saturated rings. The molecule has 1 aliphatic rings. The predicted octanol–water partition coefficient (Wildman–Crippen LogP) is 4.33. The number of nitriles is 1. The molecule has 0 saturated heterocycles. The highest BCUT2D eigenvalue weighted by Crippen LogP contribution is 2.37. The van der Waals surface area contributed by atoms with Gasteiger partial charge >= 0.3 is 0 Å². The van der Waals surface area contributed by atoms with E-state index in [-0.39, 0.29) is 11.9 Å². The van der Waals surface area contributed by atoms with Gasteiger partial charge in [0.05, 0.1) is 5.56 Å². The van der Waals surface area contributed by atoms with Gasteiger partial charge in [0.15, 0.2) is 0 Å². The van der Waals surface area contributed by atoms with Gasteiger partial charge in [0, 0.05) is 10.6 Å². The molecule has 0 spiro atoms. The Balaban J connectivity index is 1.73. The molecule has 0 unspecified atom stereocenters. The zero-order valence-corrected chi connectivity index (χ0v) is 14.6. The number of benzene rings is 1. The summed E-state index contributed by atoms with van der Waals surface area (Å²) in [7, 11) is 0. The maximum absolute atomic E-state index is 12.5. The highest BCUT2D eigenvalue weighted by molar-refractivity contribution is 7.16. The number of nitrogens with zero attached hydrogens (tertiary/aromatic N) is 1. The normalized spacial score (nSPS) is 14.8. The van der Waals surface area contributed by atoms with Crippen molar-refractivity contribution in [3.63, 3.8) is 0 Å². The standard InChI is InChI=1S/C19H21N3OS/c1-13(21-14-8-4-2-5-9-14)18(23)22-19-16(12-20)15-10-6-3-7-11-17(15)24-19/h2,4-5,8-9,13,21H,3,6-7,10-11H2,1H3,(H,22,23)/t13-/m1/s1. The lowest BCUT2D eigenvalue weighted by atomic mass is 10.1. The zero-order chi connectivity index (χ0) is 16.9. The van der Waals surface area contributed by atoms with Crippen LogP contribution in [0.3, 0.4) is 0 Å². The summed E-state index contributed by atoms with van der Waals surface area (Å²) in [5, 5.41) is 16.4. The Labute approximate surface area is 146 Å². The average molecular weight is 339 g/mol. The summed E-state index contributed by atoms with van der Waals surface area (Å²) in [6.07, 6.45) is 5.46. The Morgan fingerprint density at radius 1 is 1.21 bits per heavy atom. The maximum atomic E-state index is 12.5. The molecule has 0 saturated carbocycles. The highest BCUT2D eigenvalue weighted by Gasteiger charge is 2.22. The van der Waals surface area contributed by atoms with Crippen molar-refractivity contribution in [3.8, 4) is 6.07 Å². The number of thiophene rings is 1. The van der Waals surface area contributed by atoms with Crippen LogP contribution in [0.2, 0.25) is 0 Å². The van der Waals surface area contributed by atoms with Crippen LogP contribution >= 0.6 is 11.3 Å². The second-order valence-corrected chi connectivity index (χ2v) is 7.21. The zero-order valence-electron chi connectivity index (χ0n) is 13.8. The lowest BCUT2D eigenvalue weighted by Gasteiger charge is -2.14. The number of para-hydroxylation sites is 1. The quantitative estimate of drug-likeness (QED) is 0.815. The van der Waals surface area contributed by atoms with Crippen LogP contribution in [0.1, 0.15) is 42.2 Å². The van der Waals surface area contributed by atoms with Crippen molar-refractivity contribution in [1.29, 1.82) is 5.26 Å². The molecule has 1 heterocycles. The number of aryl methyl sites for hydroxylation is 1. The Kier molecular flexibility index (Phi) is 5.17. The first kappa shape index (κ1) is 16.5. The van der Waals surface area contributed by atoms with E-state index in [2.05, 4.69) is 16.7 Å². The number of hydrogen-bond donors (Lipinski definition) is 2. The van der Waals surface area contributed by atoms with Crippen LogP contribution in [-0.4, -0.2) is 11.9 Å². The summed E-state index contributed by atoms with van der Waals surface area (Å²) in [4.78, 5) is 13.8. The molecule has 0 bridgehead atoms. The van der Waals surface area contributed by atoms with Crippen LogP contribution < -0.4 is 10.6 Å². The fraction of sp³-hybridized carbons (Fsp3) is 0.368. The number of fused-ring (bicyclic) bond motifs is 1. The van der Waals surface area contributed by atoms with Gasteiger partial charge in [-0.3, -0.25) is 4.79 Å². The van der Waals surface area contributed by atoms with Gasteiger partial charge in [0.1, 0.15) is 17.1 Å². The Morgan fingerprint density at radius 3 is 2.71 bits per heavy atom. The van der Waals surface area contributed by atoms with Crippen LogP contribution in [0, 0.1) is 11.3 Å². The first-order chi connectivity index (χ1) is 11.7. The van der Waals surface area contributed by atoms with E-state index in [1.54, 1.807) is 11.3 Å². The van der Waals surface area contributed by atoms with Crippen molar-refractivity contribution >= 4 is 27.9 Å². The van der Waals surface area contributed by atoms with Crippen molar-refractivity contribution in [2.24, 2.45) is 0 Å². The van der Waals surface area contributed by atoms with Gasteiger partial charge in [-0.05, 0) is 50.3 Å². The van der Waals surface area contributed by atoms with Crippen molar-refractivity contribution in [1.82, 2.24) is 0 Å². The van der Waals surface area contributed by atoms with E-state index >= 15 is 0 Å². The number of carbonyl (C=O) groups excluding carboxylic acids is 1. The van der Waals surface area contributed by atoms with Gasteiger partial charge in [-0.1, -0.05) is 24.6 Å². The number of anilines is 2. The molecule has 1 aromatic heterocycles. The summed E-state index contributed by atoms with van der Waals surface area (Å²) in [6, 6.07) is 11.6. The number of carbonyl (C=O) groups is 1. The van der Waals surface area contributed by atoms with Gasteiger partial charge in [0.25, 0.3) is 0 Å². The molecule has 4 nitrogen and oxygen atoms in total. The molecule has 2 aromatic rings. The van der Waals surface area contributed by atoms with Gasteiger partial charge in [-0.2, -0.15) is 5.26 Å². The van der Waals surface area contributed by atoms with Crippen molar-refractivity contribution in [3.05, 3.63) is 46.3 Å². The second-order valence-electron chi connectivity index (χ2n) is 6.10. The monoisotopic (exact) mass is 339 g/mol. The minimum Gasteiger partial charge on any atom is -0.374 e. The van der Waals surface area contributed by atoms with Crippen molar-refractivity contribution in [2.75, 3.05) is 10.6 Å².